The van der Waals surface area contributed by atoms with Gasteiger partial charge in [-0.15, -0.1) is 0 Å². The summed E-state index contributed by atoms with van der Waals surface area (Å²) in [6.07, 6.45) is 0. The lowest BCUT2D eigenvalue weighted by Gasteiger charge is -2.11. The van der Waals surface area contributed by atoms with Crippen LogP contribution in [0.25, 0.3) is 16.9 Å². The largest absolute Gasteiger partial charge is 0.497 e. The molecule has 1 aromatic heterocycles. The van der Waals surface area contributed by atoms with Gasteiger partial charge in [0.15, 0.2) is 5.69 Å². The van der Waals surface area contributed by atoms with E-state index in [-0.39, 0.29) is 17.9 Å². The molecule has 4 rings (SSSR count). The first kappa shape index (κ1) is 23.6. The van der Waals surface area contributed by atoms with E-state index in [4.69, 9.17) is 9.47 Å². The van der Waals surface area contributed by atoms with Crippen LogP contribution >= 0.6 is 0 Å². The van der Waals surface area contributed by atoms with E-state index in [1.165, 1.54) is 0 Å². The summed E-state index contributed by atoms with van der Waals surface area (Å²) >= 11 is 0. The third kappa shape index (κ3) is 5.19. The molecule has 0 aliphatic heterocycles. The first-order valence-electron chi connectivity index (χ1n) is 10.7. The van der Waals surface area contributed by atoms with E-state index in [9.17, 15) is 18.4 Å². The van der Waals surface area contributed by atoms with Gasteiger partial charge in [0, 0.05) is 17.3 Å². The second-order valence-electron chi connectivity index (χ2n) is 7.40. The zero-order valence-electron chi connectivity index (χ0n) is 18.9. The average molecular weight is 477 g/mol. The lowest BCUT2D eigenvalue weighted by Crippen LogP contribution is -2.14. The molecule has 0 fully saturated rings. The zero-order valence-corrected chi connectivity index (χ0v) is 18.9. The number of hydrogen-bond acceptors (Lipinski definition) is 5. The van der Waals surface area contributed by atoms with Crippen molar-refractivity contribution >= 4 is 17.6 Å². The van der Waals surface area contributed by atoms with Crippen molar-refractivity contribution in [3.63, 3.8) is 0 Å². The molecule has 0 spiro atoms. The SMILES string of the molecule is CCOC(=O)c1cc(-c2cccc(NC(=O)c3ccc(F)cc3F)c2)n(-c2ccc(OC)cc2)n1. The van der Waals surface area contributed by atoms with Crippen molar-refractivity contribution in [1.29, 1.82) is 0 Å². The predicted molar refractivity (Wildman–Crippen MR) is 126 cm³/mol. The molecular weight excluding hydrogens is 456 g/mol. The van der Waals surface area contributed by atoms with Crippen molar-refractivity contribution in [2.75, 3.05) is 19.0 Å². The Labute approximate surface area is 199 Å². The predicted octanol–water partition coefficient (Wildman–Crippen LogP) is 5.26. The highest BCUT2D eigenvalue weighted by atomic mass is 19.1. The molecule has 7 nitrogen and oxygen atoms in total. The first-order valence-corrected chi connectivity index (χ1v) is 10.7. The smallest absolute Gasteiger partial charge is 0.358 e. The molecule has 1 amide bonds. The third-order valence-electron chi connectivity index (χ3n) is 5.10. The number of halogens is 2. The Morgan fingerprint density at radius 2 is 1.77 bits per heavy atom. The molecule has 4 aromatic rings. The van der Waals surface area contributed by atoms with Crippen molar-refractivity contribution in [2.45, 2.75) is 6.92 Å². The summed E-state index contributed by atoms with van der Waals surface area (Å²) in [6, 6.07) is 18.2. The van der Waals surface area contributed by atoms with Gasteiger partial charge >= 0.3 is 5.97 Å². The molecule has 0 saturated carbocycles. The van der Waals surface area contributed by atoms with Gasteiger partial charge in [0.05, 0.1) is 30.7 Å². The van der Waals surface area contributed by atoms with Gasteiger partial charge < -0.3 is 14.8 Å². The minimum absolute atomic E-state index is 0.112. The molecule has 1 N–H and O–H groups in total. The van der Waals surface area contributed by atoms with Crippen LogP contribution in [-0.4, -0.2) is 35.4 Å². The Hall–Kier alpha value is -4.53. The Balaban J connectivity index is 1.71. The zero-order chi connectivity index (χ0) is 24.9. The van der Waals surface area contributed by atoms with Gasteiger partial charge in [-0.2, -0.15) is 5.10 Å². The van der Waals surface area contributed by atoms with Crippen LogP contribution in [0.3, 0.4) is 0 Å². The fourth-order valence-electron chi connectivity index (χ4n) is 3.44. The van der Waals surface area contributed by atoms with Crippen molar-refractivity contribution in [3.05, 3.63) is 95.7 Å². The van der Waals surface area contributed by atoms with Gasteiger partial charge in [0.2, 0.25) is 0 Å². The molecule has 0 bridgehead atoms. The number of methoxy groups -OCH3 is 1. The van der Waals surface area contributed by atoms with Gasteiger partial charge in [-0.25, -0.2) is 18.3 Å². The molecule has 0 atom stereocenters. The topological polar surface area (TPSA) is 82.5 Å². The summed E-state index contributed by atoms with van der Waals surface area (Å²) in [6.45, 7) is 1.90. The van der Waals surface area contributed by atoms with Crippen LogP contribution in [0.4, 0.5) is 14.5 Å². The summed E-state index contributed by atoms with van der Waals surface area (Å²) in [5.41, 5.74) is 2.05. The number of aromatic nitrogens is 2. The van der Waals surface area contributed by atoms with Crippen LogP contribution in [0, 0.1) is 11.6 Å². The number of benzene rings is 3. The Kier molecular flexibility index (Phi) is 6.86. The molecule has 1 heterocycles. The molecule has 0 aliphatic carbocycles. The molecule has 0 radical (unpaired) electrons. The van der Waals surface area contributed by atoms with E-state index in [0.29, 0.717) is 34.4 Å². The third-order valence-corrected chi connectivity index (χ3v) is 5.10. The van der Waals surface area contributed by atoms with Crippen LogP contribution in [0.15, 0.2) is 72.8 Å². The van der Waals surface area contributed by atoms with E-state index in [1.54, 1.807) is 73.3 Å². The van der Waals surface area contributed by atoms with Crippen LogP contribution in [0.5, 0.6) is 5.75 Å². The van der Waals surface area contributed by atoms with Gasteiger partial charge in [-0.1, -0.05) is 12.1 Å². The fourth-order valence-corrected chi connectivity index (χ4v) is 3.44. The van der Waals surface area contributed by atoms with Gasteiger partial charge in [0.25, 0.3) is 5.91 Å². The highest BCUT2D eigenvalue weighted by Gasteiger charge is 2.19. The maximum Gasteiger partial charge on any atom is 0.358 e. The number of carbonyl (C=O) groups is 2. The van der Waals surface area contributed by atoms with E-state index in [2.05, 4.69) is 10.4 Å². The molecule has 0 saturated heterocycles. The fraction of sp³-hybridized carbons (Fsp3) is 0.115. The lowest BCUT2D eigenvalue weighted by molar-refractivity contribution is 0.0518. The Morgan fingerprint density at radius 1 is 1.00 bits per heavy atom. The average Bonchev–Trinajstić information content (AvgIpc) is 3.30. The van der Waals surface area contributed by atoms with E-state index in [0.717, 1.165) is 12.1 Å². The number of anilines is 1. The van der Waals surface area contributed by atoms with Crippen molar-refractivity contribution in [2.24, 2.45) is 0 Å². The summed E-state index contributed by atoms with van der Waals surface area (Å²) in [5.74, 6) is -2.38. The van der Waals surface area contributed by atoms with E-state index >= 15 is 0 Å². The maximum absolute atomic E-state index is 14.0. The summed E-state index contributed by atoms with van der Waals surface area (Å²) in [7, 11) is 1.56. The number of carbonyl (C=O) groups excluding carboxylic acids is 2. The summed E-state index contributed by atoms with van der Waals surface area (Å²) in [4.78, 5) is 24.9. The van der Waals surface area contributed by atoms with Crippen molar-refractivity contribution < 1.29 is 27.8 Å². The molecule has 178 valence electrons. The number of esters is 1. The van der Waals surface area contributed by atoms with Crippen LogP contribution in [0.2, 0.25) is 0 Å². The second-order valence-corrected chi connectivity index (χ2v) is 7.40. The number of amides is 1. The summed E-state index contributed by atoms with van der Waals surface area (Å²) < 4.78 is 39.1. The van der Waals surface area contributed by atoms with E-state index < -0.39 is 23.5 Å². The highest BCUT2D eigenvalue weighted by Crippen LogP contribution is 2.28. The lowest BCUT2D eigenvalue weighted by atomic mass is 10.1. The molecule has 35 heavy (non-hydrogen) atoms. The molecule has 0 aliphatic rings. The van der Waals surface area contributed by atoms with Crippen molar-refractivity contribution in [1.82, 2.24) is 9.78 Å². The number of nitrogens with zero attached hydrogens (tertiary/aromatic N) is 2. The Morgan fingerprint density at radius 3 is 2.46 bits per heavy atom. The number of rotatable bonds is 7. The minimum atomic E-state index is -0.963. The second kappa shape index (κ2) is 10.2. The monoisotopic (exact) mass is 477 g/mol. The van der Waals surface area contributed by atoms with Crippen LogP contribution < -0.4 is 10.1 Å². The van der Waals surface area contributed by atoms with Gasteiger partial charge in [-0.05, 0) is 61.5 Å². The van der Waals surface area contributed by atoms with Crippen molar-refractivity contribution in [3.8, 4) is 22.7 Å². The molecular formula is C26H21F2N3O4. The standard InChI is InChI=1S/C26H21F2N3O4/c1-3-35-26(33)23-15-24(31(30-23)19-8-10-20(34-2)11-9-19)16-5-4-6-18(13-16)29-25(32)21-12-7-17(27)14-22(21)28/h4-15H,3H2,1-2H3,(H,29,32). The molecule has 0 unspecified atom stereocenters. The molecule has 9 heteroatoms. The van der Waals surface area contributed by atoms with E-state index in [1.807, 2.05) is 0 Å². The summed E-state index contributed by atoms with van der Waals surface area (Å²) in [5, 5.41) is 7.03. The molecule has 3 aromatic carbocycles. The normalized spacial score (nSPS) is 10.6. The number of nitrogens with one attached hydrogen (secondary N) is 1. The van der Waals surface area contributed by atoms with Gasteiger partial charge in [0.1, 0.15) is 17.4 Å². The number of ether oxygens (including phenoxy) is 2. The highest BCUT2D eigenvalue weighted by molar-refractivity contribution is 6.04. The Bertz CT molecular complexity index is 1380. The maximum atomic E-state index is 14.0. The van der Waals surface area contributed by atoms with Crippen LogP contribution in [0.1, 0.15) is 27.8 Å². The quantitative estimate of drug-likeness (QED) is 0.368. The van der Waals surface area contributed by atoms with Crippen LogP contribution in [-0.2, 0) is 4.74 Å². The minimum Gasteiger partial charge on any atom is -0.497 e. The first-order chi connectivity index (χ1) is 16.9. The van der Waals surface area contributed by atoms with Gasteiger partial charge in [-0.3, -0.25) is 4.79 Å². The number of hydrogen-bond donors (Lipinski definition) is 1.